The van der Waals surface area contributed by atoms with E-state index in [1.54, 1.807) is 18.2 Å². The Morgan fingerprint density at radius 3 is 2.52 bits per heavy atom. The minimum absolute atomic E-state index is 0.180. The van der Waals surface area contributed by atoms with Gasteiger partial charge in [0.25, 0.3) is 0 Å². The summed E-state index contributed by atoms with van der Waals surface area (Å²) in [6, 6.07) is 4.90. The number of hydrogen-bond acceptors (Lipinski definition) is 5. The molecule has 1 saturated carbocycles. The number of urea groups is 1. The maximum absolute atomic E-state index is 12.6. The Balaban J connectivity index is 1.33. The van der Waals surface area contributed by atoms with E-state index in [0.717, 1.165) is 32.1 Å². The van der Waals surface area contributed by atoms with E-state index in [1.807, 2.05) is 0 Å². The highest BCUT2D eigenvalue weighted by atomic mass is 32.2. The van der Waals surface area contributed by atoms with Crippen LogP contribution in [0.15, 0.2) is 18.2 Å². The van der Waals surface area contributed by atoms with Gasteiger partial charge in [-0.25, -0.2) is 13.2 Å². The molecule has 1 N–H and O–H groups in total. The topological polar surface area (TPSA) is 84.9 Å². The second-order valence-corrected chi connectivity index (χ2v) is 9.39. The smallest absolute Gasteiger partial charge is 0.321 e. The molecule has 7 nitrogen and oxygen atoms in total. The van der Waals surface area contributed by atoms with E-state index in [1.165, 1.54) is 4.90 Å². The van der Waals surface area contributed by atoms with Gasteiger partial charge in [-0.3, -0.25) is 0 Å². The summed E-state index contributed by atoms with van der Waals surface area (Å²) in [7, 11) is -3.13. The van der Waals surface area contributed by atoms with Gasteiger partial charge in [0, 0.05) is 24.8 Å². The molecule has 0 radical (unpaired) electrons. The normalized spacial score (nSPS) is 21.0. The fourth-order valence-corrected chi connectivity index (χ4v) is 5.96. The molecule has 1 saturated heterocycles. The van der Waals surface area contributed by atoms with Crippen molar-refractivity contribution < 1.29 is 22.7 Å². The summed E-state index contributed by atoms with van der Waals surface area (Å²) in [4.78, 5) is 13.8. The number of carbonyl (C=O) groups excluding carboxylic acids is 1. The third-order valence-corrected chi connectivity index (χ3v) is 7.87. The van der Waals surface area contributed by atoms with Crippen LogP contribution in [0.3, 0.4) is 0 Å². The third-order valence-electron chi connectivity index (χ3n) is 5.24. The molecule has 1 aromatic rings. The van der Waals surface area contributed by atoms with Gasteiger partial charge >= 0.3 is 6.03 Å². The maximum Gasteiger partial charge on any atom is 0.321 e. The zero-order valence-electron chi connectivity index (χ0n) is 13.9. The maximum atomic E-state index is 12.6. The van der Waals surface area contributed by atoms with Crippen LogP contribution in [0.2, 0.25) is 0 Å². The number of likely N-dealkylation sites (tertiary alicyclic amines) is 1. The molecule has 0 spiro atoms. The van der Waals surface area contributed by atoms with Crippen molar-refractivity contribution in [2.45, 2.75) is 42.6 Å². The van der Waals surface area contributed by atoms with Gasteiger partial charge in [-0.15, -0.1) is 0 Å². The predicted octanol–water partition coefficient (Wildman–Crippen LogP) is 2.38. The number of benzene rings is 1. The molecule has 0 aromatic heterocycles. The van der Waals surface area contributed by atoms with Gasteiger partial charge in [0.05, 0.1) is 10.5 Å². The van der Waals surface area contributed by atoms with Crippen molar-refractivity contribution in [2.24, 2.45) is 0 Å². The highest BCUT2D eigenvalue weighted by Gasteiger charge is 2.43. The largest absolute Gasteiger partial charge is 0.454 e. The van der Waals surface area contributed by atoms with Crippen LogP contribution in [-0.4, -0.2) is 49.7 Å². The Morgan fingerprint density at radius 2 is 1.76 bits per heavy atom. The standard InChI is InChI=1S/C17H22N2O5S/c20-17(18-12-6-7-15-16(8-12)24-11-23-15)19-9-14(10-19)25(21,22)13-4-2-1-3-5-13/h6-8,13-14H,1-5,9-11H2,(H,18,20). The highest BCUT2D eigenvalue weighted by molar-refractivity contribution is 7.92. The van der Waals surface area contributed by atoms with Gasteiger partial charge in [-0.1, -0.05) is 19.3 Å². The Labute approximate surface area is 147 Å². The van der Waals surface area contributed by atoms with Crippen LogP contribution < -0.4 is 14.8 Å². The molecule has 2 heterocycles. The Kier molecular flexibility index (Phi) is 4.23. The summed E-state index contributed by atoms with van der Waals surface area (Å²) in [5.41, 5.74) is 0.604. The van der Waals surface area contributed by atoms with Crippen molar-refractivity contribution >= 4 is 21.6 Å². The Morgan fingerprint density at radius 1 is 1.04 bits per heavy atom. The van der Waals surface area contributed by atoms with Crippen molar-refractivity contribution in [2.75, 3.05) is 25.2 Å². The zero-order valence-corrected chi connectivity index (χ0v) is 14.8. The molecular weight excluding hydrogens is 344 g/mol. The van der Waals surface area contributed by atoms with Crippen LogP contribution in [-0.2, 0) is 9.84 Å². The zero-order chi connectivity index (χ0) is 17.4. The van der Waals surface area contributed by atoms with E-state index in [2.05, 4.69) is 5.32 Å². The van der Waals surface area contributed by atoms with Crippen LogP contribution in [0.4, 0.5) is 10.5 Å². The molecule has 25 heavy (non-hydrogen) atoms. The van der Waals surface area contributed by atoms with Crippen molar-refractivity contribution in [3.63, 3.8) is 0 Å². The van der Waals surface area contributed by atoms with Crippen LogP contribution in [0.1, 0.15) is 32.1 Å². The second kappa shape index (κ2) is 6.40. The van der Waals surface area contributed by atoms with Crippen molar-refractivity contribution in [1.29, 1.82) is 0 Å². The molecule has 0 atom stereocenters. The van der Waals surface area contributed by atoms with Gasteiger partial charge in [0.15, 0.2) is 21.3 Å². The summed E-state index contributed by atoms with van der Waals surface area (Å²) >= 11 is 0. The number of rotatable bonds is 3. The first kappa shape index (κ1) is 16.5. The molecule has 1 aromatic carbocycles. The molecule has 0 unspecified atom stereocenters. The fraction of sp³-hybridized carbons (Fsp3) is 0.588. The monoisotopic (exact) mass is 366 g/mol. The number of fused-ring (bicyclic) bond motifs is 1. The number of anilines is 1. The van der Waals surface area contributed by atoms with E-state index in [4.69, 9.17) is 9.47 Å². The molecule has 1 aliphatic carbocycles. The van der Waals surface area contributed by atoms with Crippen LogP contribution in [0.5, 0.6) is 11.5 Å². The lowest BCUT2D eigenvalue weighted by atomic mass is 10.0. The van der Waals surface area contributed by atoms with Gasteiger partial charge in [-0.2, -0.15) is 0 Å². The number of carbonyl (C=O) groups is 1. The molecule has 2 aliphatic heterocycles. The van der Waals surface area contributed by atoms with E-state index in [9.17, 15) is 13.2 Å². The van der Waals surface area contributed by atoms with Crippen LogP contribution in [0, 0.1) is 0 Å². The quantitative estimate of drug-likeness (QED) is 0.888. The second-order valence-electron chi connectivity index (χ2n) is 6.87. The van der Waals surface area contributed by atoms with E-state index >= 15 is 0 Å². The number of nitrogens with one attached hydrogen (secondary N) is 1. The first-order chi connectivity index (χ1) is 12.0. The molecular formula is C17H22N2O5S. The van der Waals surface area contributed by atoms with Crippen LogP contribution >= 0.6 is 0 Å². The molecule has 3 aliphatic rings. The first-order valence-corrected chi connectivity index (χ1v) is 10.3. The number of hydrogen-bond donors (Lipinski definition) is 1. The lowest BCUT2D eigenvalue weighted by Gasteiger charge is -2.40. The number of sulfone groups is 1. The number of nitrogens with zero attached hydrogens (tertiary/aromatic N) is 1. The molecule has 2 fully saturated rings. The van der Waals surface area contributed by atoms with Gasteiger partial charge < -0.3 is 19.7 Å². The summed E-state index contributed by atoms with van der Waals surface area (Å²) in [5.74, 6) is 1.25. The van der Waals surface area contributed by atoms with E-state index < -0.39 is 15.1 Å². The Bertz CT molecular complexity index is 767. The molecule has 4 rings (SSSR count). The summed E-state index contributed by atoms with van der Waals surface area (Å²) in [6.45, 7) is 0.726. The lowest BCUT2D eigenvalue weighted by Crippen LogP contribution is -2.59. The van der Waals surface area contributed by atoms with Gasteiger partial charge in [0.1, 0.15) is 0 Å². The lowest BCUT2D eigenvalue weighted by molar-refractivity contribution is 0.174. The number of ether oxygens (including phenoxy) is 2. The molecule has 0 bridgehead atoms. The molecule has 2 amide bonds. The van der Waals surface area contributed by atoms with Crippen molar-refractivity contribution in [3.8, 4) is 11.5 Å². The third kappa shape index (κ3) is 3.15. The highest BCUT2D eigenvalue weighted by Crippen LogP contribution is 2.34. The minimum Gasteiger partial charge on any atom is -0.454 e. The van der Waals surface area contributed by atoms with E-state index in [-0.39, 0.29) is 31.2 Å². The SMILES string of the molecule is O=C(Nc1ccc2c(c1)OCO2)N1CC(S(=O)(=O)C2CCCCC2)C1. The van der Waals surface area contributed by atoms with Gasteiger partial charge in [0.2, 0.25) is 6.79 Å². The summed E-state index contributed by atoms with van der Waals surface area (Å²) in [6.07, 6.45) is 4.64. The molecule has 8 heteroatoms. The molecule has 136 valence electrons. The van der Waals surface area contributed by atoms with Crippen LogP contribution in [0.25, 0.3) is 0 Å². The summed E-state index contributed by atoms with van der Waals surface area (Å²) < 4.78 is 35.8. The minimum atomic E-state index is -3.13. The van der Waals surface area contributed by atoms with Gasteiger partial charge in [-0.05, 0) is 25.0 Å². The fourth-order valence-electron chi connectivity index (χ4n) is 3.65. The van der Waals surface area contributed by atoms with Crippen molar-refractivity contribution in [3.05, 3.63) is 18.2 Å². The predicted molar refractivity (Wildman–Crippen MR) is 92.7 cm³/mol. The number of amides is 2. The Hall–Kier alpha value is -1.96. The van der Waals surface area contributed by atoms with E-state index in [0.29, 0.717) is 17.2 Å². The summed E-state index contributed by atoms with van der Waals surface area (Å²) in [5, 5.41) is 2.15. The average molecular weight is 366 g/mol. The van der Waals surface area contributed by atoms with Crippen molar-refractivity contribution in [1.82, 2.24) is 4.90 Å². The first-order valence-electron chi connectivity index (χ1n) is 8.72. The average Bonchev–Trinajstić information content (AvgIpc) is 3.01.